The summed E-state index contributed by atoms with van der Waals surface area (Å²) in [5.41, 5.74) is 0.0945. The first-order valence-electron chi connectivity index (χ1n) is 5.01. The first-order valence-corrected chi connectivity index (χ1v) is 5.01. The fraction of sp³-hybridized carbons (Fsp3) is 0.545. The fourth-order valence-corrected chi connectivity index (χ4v) is 1.49. The van der Waals surface area contributed by atoms with Crippen molar-refractivity contribution >= 4 is 5.91 Å². The highest BCUT2D eigenvalue weighted by molar-refractivity contribution is 5.91. The second-order valence-electron chi connectivity index (χ2n) is 4.40. The maximum atomic E-state index is 11.6. The maximum absolute atomic E-state index is 11.6. The summed E-state index contributed by atoms with van der Waals surface area (Å²) < 4.78 is 10.3. The molecule has 0 bridgehead atoms. The molecule has 1 aliphatic rings. The summed E-state index contributed by atoms with van der Waals surface area (Å²) in [4.78, 5) is 11.6. The predicted molar refractivity (Wildman–Crippen MR) is 54.7 cm³/mol. The SMILES string of the molecule is Cc1ccc(C(=O)NCC2(C)COC2)o1. The van der Waals surface area contributed by atoms with Gasteiger partial charge in [-0.15, -0.1) is 0 Å². The average Bonchev–Trinajstić information content (AvgIpc) is 2.58. The van der Waals surface area contributed by atoms with E-state index in [0.29, 0.717) is 25.5 Å². The molecule has 0 aliphatic carbocycles. The molecule has 15 heavy (non-hydrogen) atoms. The molecule has 1 fully saturated rings. The molecule has 1 aromatic heterocycles. The zero-order chi connectivity index (χ0) is 10.9. The van der Waals surface area contributed by atoms with Crippen LogP contribution in [0.2, 0.25) is 0 Å². The second kappa shape index (κ2) is 3.70. The summed E-state index contributed by atoms with van der Waals surface area (Å²) in [7, 11) is 0. The maximum Gasteiger partial charge on any atom is 0.287 e. The number of rotatable bonds is 3. The van der Waals surface area contributed by atoms with E-state index in [9.17, 15) is 4.79 Å². The molecule has 4 nitrogen and oxygen atoms in total. The highest BCUT2D eigenvalue weighted by Crippen LogP contribution is 2.25. The van der Waals surface area contributed by atoms with E-state index >= 15 is 0 Å². The smallest absolute Gasteiger partial charge is 0.287 e. The second-order valence-corrected chi connectivity index (χ2v) is 4.40. The number of hydrogen-bond donors (Lipinski definition) is 1. The number of ether oxygens (including phenoxy) is 1. The van der Waals surface area contributed by atoms with Crippen LogP contribution >= 0.6 is 0 Å². The topological polar surface area (TPSA) is 51.5 Å². The third kappa shape index (κ3) is 2.21. The lowest BCUT2D eigenvalue weighted by atomic mass is 9.89. The molecule has 0 spiro atoms. The summed E-state index contributed by atoms with van der Waals surface area (Å²) in [6.07, 6.45) is 0. The van der Waals surface area contributed by atoms with Gasteiger partial charge in [0.15, 0.2) is 5.76 Å². The zero-order valence-electron chi connectivity index (χ0n) is 9.00. The van der Waals surface area contributed by atoms with Gasteiger partial charge in [0, 0.05) is 12.0 Å². The van der Waals surface area contributed by atoms with E-state index in [1.807, 2.05) is 6.92 Å². The Hall–Kier alpha value is -1.29. The number of aryl methyl sites for hydroxylation is 1. The molecular weight excluding hydrogens is 194 g/mol. The van der Waals surface area contributed by atoms with Crippen LogP contribution in [0.1, 0.15) is 23.2 Å². The van der Waals surface area contributed by atoms with Crippen molar-refractivity contribution in [2.75, 3.05) is 19.8 Å². The summed E-state index contributed by atoms with van der Waals surface area (Å²) >= 11 is 0. The van der Waals surface area contributed by atoms with E-state index in [2.05, 4.69) is 12.2 Å². The third-order valence-corrected chi connectivity index (χ3v) is 2.54. The lowest BCUT2D eigenvalue weighted by Crippen LogP contribution is -2.48. The van der Waals surface area contributed by atoms with Crippen molar-refractivity contribution in [1.29, 1.82) is 0 Å². The van der Waals surface area contributed by atoms with Gasteiger partial charge in [-0.1, -0.05) is 6.92 Å². The van der Waals surface area contributed by atoms with Crippen molar-refractivity contribution in [3.63, 3.8) is 0 Å². The van der Waals surface area contributed by atoms with Crippen molar-refractivity contribution < 1.29 is 13.9 Å². The molecule has 1 aliphatic heterocycles. The Morgan fingerprint density at radius 3 is 2.73 bits per heavy atom. The average molecular weight is 209 g/mol. The predicted octanol–water partition coefficient (Wildman–Crippen LogP) is 1.35. The van der Waals surface area contributed by atoms with Crippen LogP contribution in [0.15, 0.2) is 16.5 Å². The Labute approximate surface area is 88.6 Å². The Morgan fingerprint density at radius 1 is 1.53 bits per heavy atom. The first-order chi connectivity index (χ1) is 7.09. The van der Waals surface area contributed by atoms with Crippen LogP contribution in [-0.4, -0.2) is 25.7 Å². The van der Waals surface area contributed by atoms with Crippen molar-refractivity contribution in [3.8, 4) is 0 Å². The van der Waals surface area contributed by atoms with E-state index in [0.717, 1.165) is 5.76 Å². The number of nitrogens with one attached hydrogen (secondary N) is 1. The first kappa shape index (κ1) is 10.2. The van der Waals surface area contributed by atoms with Crippen LogP contribution in [-0.2, 0) is 4.74 Å². The van der Waals surface area contributed by atoms with E-state index in [1.54, 1.807) is 12.1 Å². The number of carbonyl (C=O) groups excluding carboxylic acids is 1. The van der Waals surface area contributed by atoms with Gasteiger partial charge in [0.1, 0.15) is 5.76 Å². The quantitative estimate of drug-likeness (QED) is 0.817. The Morgan fingerprint density at radius 2 is 2.27 bits per heavy atom. The highest BCUT2D eigenvalue weighted by Gasteiger charge is 2.33. The normalized spacial score (nSPS) is 18.3. The number of amides is 1. The van der Waals surface area contributed by atoms with E-state index < -0.39 is 0 Å². The summed E-state index contributed by atoms with van der Waals surface area (Å²) in [6.45, 7) is 5.96. The molecule has 0 saturated carbocycles. The van der Waals surface area contributed by atoms with Gasteiger partial charge in [-0.25, -0.2) is 0 Å². The monoisotopic (exact) mass is 209 g/mol. The van der Waals surface area contributed by atoms with Gasteiger partial charge in [-0.2, -0.15) is 0 Å². The molecular formula is C11H15NO3. The van der Waals surface area contributed by atoms with Crippen molar-refractivity contribution in [2.24, 2.45) is 5.41 Å². The molecule has 4 heteroatoms. The highest BCUT2D eigenvalue weighted by atomic mass is 16.5. The molecule has 1 aromatic rings. The summed E-state index contributed by atoms with van der Waals surface area (Å²) in [6, 6.07) is 3.47. The van der Waals surface area contributed by atoms with Crippen LogP contribution < -0.4 is 5.32 Å². The minimum absolute atomic E-state index is 0.0945. The Bertz CT molecular complexity index is 366. The molecule has 0 radical (unpaired) electrons. The lowest BCUT2D eigenvalue weighted by Gasteiger charge is -2.37. The number of carbonyl (C=O) groups is 1. The summed E-state index contributed by atoms with van der Waals surface area (Å²) in [5, 5.41) is 2.84. The molecule has 1 N–H and O–H groups in total. The molecule has 1 amide bonds. The summed E-state index contributed by atoms with van der Waals surface area (Å²) in [5.74, 6) is 0.964. The van der Waals surface area contributed by atoms with Crippen molar-refractivity contribution in [1.82, 2.24) is 5.32 Å². The van der Waals surface area contributed by atoms with E-state index in [1.165, 1.54) is 0 Å². The standard InChI is InChI=1S/C11H15NO3/c1-8-3-4-9(15-8)10(13)12-5-11(2)6-14-7-11/h3-4H,5-7H2,1-2H3,(H,12,13). The molecule has 0 atom stereocenters. The third-order valence-electron chi connectivity index (χ3n) is 2.54. The van der Waals surface area contributed by atoms with Gasteiger partial charge < -0.3 is 14.5 Å². The minimum atomic E-state index is -0.156. The molecule has 2 rings (SSSR count). The van der Waals surface area contributed by atoms with E-state index in [4.69, 9.17) is 9.15 Å². The molecule has 0 aromatic carbocycles. The fourth-order valence-electron chi connectivity index (χ4n) is 1.49. The largest absolute Gasteiger partial charge is 0.456 e. The molecule has 0 unspecified atom stereocenters. The zero-order valence-corrected chi connectivity index (χ0v) is 9.00. The van der Waals surface area contributed by atoms with E-state index in [-0.39, 0.29) is 11.3 Å². The number of furan rings is 1. The minimum Gasteiger partial charge on any atom is -0.456 e. The van der Waals surface area contributed by atoms with Crippen molar-refractivity contribution in [3.05, 3.63) is 23.7 Å². The number of hydrogen-bond acceptors (Lipinski definition) is 3. The van der Waals surface area contributed by atoms with Crippen LogP contribution in [0, 0.1) is 12.3 Å². The van der Waals surface area contributed by atoms with Crippen LogP contribution in [0.4, 0.5) is 0 Å². The van der Waals surface area contributed by atoms with Crippen LogP contribution in [0.3, 0.4) is 0 Å². The Balaban J connectivity index is 1.87. The van der Waals surface area contributed by atoms with Gasteiger partial charge in [0.25, 0.3) is 5.91 Å². The van der Waals surface area contributed by atoms with Crippen LogP contribution in [0.5, 0.6) is 0 Å². The van der Waals surface area contributed by atoms with Crippen molar-refractivity contribution in [2.45, 2.75) is 13.8 Å². The van der Waals surface area contributed by atoms with Gasteiger partial charge in [0.2, 0.25) is 0 Å². The Kier molecular flexibility index (Phi) is 2.52. The molecule has 82 valence electrons. The van der Waals surface area contributed by atoms with Gasteiger partial charge in [0.05, 0.1) is 13.2 Å². The van der Waals surface area contributed by atoms with Gasteiger partial charge in [-0.3, -0.25) is 4.79 Å². The lowest BCUT2D eigenvalue weighted by molar-refractivity contribution is -0.0978. The van der Waals surface area contributed by atoms with Gasteiger partial charge in [-0.05, 0) is 19.1 Å². The van der Waals surface area contributed by atoms with Gasteiger partial charge >= 0.3 is 0 Å². The molecule has 1 saturated heterocycles. The van der Waals surface area contributed by atoms with Crippen LogP contribution in [0.25, 0.3) is 0 Å². The molecule has 2 heterocycles.